The molecular formula is C21H18N4O3. The van der Waals surface area contributed by atoms with Crippen molar-refractivity contribution in [1.82, 2.24) is 9.13 Å². The van der Waals surface area contributed by atoms with Gasteiger partial charge in [-0.25, -0.2) is 4.79 Å². The number of rotatable bonds is 5. The lowest BCUT2D eigenvalue weighted by molar-refractivity contribution is 0.102. The summed E-state index contributed by atoms with van der Waals surface area (Å²) in [5, 5.41) is 11.9. The Bertz CT molecular complexity index is 1150. The van der Waals surface area contributed by atoms with E-state index < -0.39 is 11.2 Å². The predicted molar refractivity (Wildman–Crippen MR) is 105 cm³/mol. The van der Waals surface area contributed by atoms with E-state index in [9.17, 15) is 14.4 Å². The molecule has 0 fully saturated rings. The first-order valence-corrected chi connectivity index (χ1v) is 8.73. The highest BCUT2D eigenvalue weighted by molar-refractivity contribution is 6.04. The minimum absolute atomic E-state index is 0.0216. The molecule has 7 nitrogen and oxygen atoms in total. The Labute approximate surface area is 161 Å². The number of aromatic nitrogens is 2. The molecule has 3 rings (SSSR count). The molecule has 0 unspecified atom stereocenters. The zero-order valence-electron chi connectivity index (χ0n) is 15.3. The molecule has 0 atom stereocenters. The van der Waals surface area contributed by atoms with E-state index in [1.165, 1.54) is 10.8 Å². The maximum absolute atomic E-state index is 12.4. The van der Waals surface area contributed by atoms with Gasteiger partial charge in [0.1, 0.15) is 11.6 Å². The second-order valence-electron chi connectivity index (χ2n) is 6.13. The van der Waals surface area contributed by atoms with Gasteiger partial charge in [-0.05, 0) is 36.8 Å². The van der Waals surface area contributed by atoms with Crippen LogP contribution >= 0.6 is 0 Å². The molecule has 0 bridgehead atoms. The largest absolute Gasteiger partial charge is 0.331 e. The summed E-state index contributed by atoms with van der Waals surface area (Å²) in [7, 11) is 0. The van der Waals surface area contributed by atoms with E-state index in [-0.39, 0.29) is 18.0 Å². The molecule has 1 amide bonds. The highest BCUT2D eigenvalue weighted by atomic mass is 16.2. The van der Waals surface area contributed by atoms with E-state index in [2.05, 4.69) is 5.32 Å². The molecule has 0 aliphatic rings. The number of anilines is 1. The van der Waals surface area contributed by atoms with Crippen LogP contribution in [0.2, 0.25) is 0 Å². The number of nitrogens with zero attached hydrogens (tertiary/aromatic N) is 3. The van der Waals surface area contributed by atoms with Crippen LogP contribution < -0.4 is 16.6 Å². The van der Waals surface area contributed by atoms with Crippen LogP contribution in [0.1, 0.15) is 28.4 Å². The number of nitrogens with one attached hydrogen (secondary N) is 1. The van der Waals surface area contributed by atoms with Crippen molar-refractivity contribution >= 4 is 11.6 Å². The van der Waals surface area contributed by atoms with E-state index in [0.29, 0.717) is 23.4 Å². The number of carbonyl (C=O) groups excluding carboxylic acids is 1. The molecule has 1 heterocycles. The summed E-state index contributed by atoms with van der Waals surface area (Å²) < 4.78 is 2.35. The Balaban J connectivity index is 1.84. The molecule has 0 aliphatic carbocycles. The average molecular weight is 374 g/mol. The highest BCUT2D eigenvalue weighted by Crippen LogP contribution is 2.10. The molecule has 1 aromatic heterocycles. The molecule has 0 saturated carbocycles. The van der Waals surface area contributed by atoms with Gasteiger partial charge in [-0.3, -0.25) is 18.7 Å². The average Bonchev–Trinajstić information content (AvgIpc) is 2.72. The number of benzene rings is 2. The lowest BCUT2D eigenvalue weighted by Crippen LogP contribution is -2.40. The van der Waals surface area contributed by atoms with Crippen molar-refractivity contribution in [3.8, 4) is 6.07 Å². The zero-order chi connectivity index (χ0) is 20.1. The van der Waals surface area contributed by atoms with Gasteiger partial charge in [0.2, 0.25) is 0 Å². The third kappa shape index (κ3) is 3.91. The Morgan fingerprint density at radius 1 is 1.07 bits per heavy atom. The van der Waals surface area contributed by atoms with Crippen LogP contribution in [-0.2, 0) is 13.1 Å². The molecule has 0 radical (unpaired) electrons. The van der Waals surface area contributed by atoms with E-state index in [1.54, 1.807) is 43.3 Å². The van der Waals surface area contributed by atoms with Crippen LogP contribution in [0.4, 0.5) is 5.69 Å². The first kappa shape index (κ1) is 18.9. The standard InChI is InChI=1S/C21H18N4O3/c1-2-24-14-17(12-22)20(27)25(21(24)28)13-15-8-10-16(11-9-15)19(26)23-18-6-4-3-5-7-18/h3-11,14H,2,13H2,1H3,(H,23,26). The van der Waals surface area contributed by atoms with Gasteiger partial charge in [0.05, 0.1) is 6.54 Å². The Hall–Kier alpha value is -3.92. The van der Waals surface area contributed by atoms with E-state index in [1.807, 2.05) is 24.3 Å². The number of aryl methyl sites for hydroxylation is 1. The Kier molecular flexibility index (Phi) is 5.51. The van der Waals surface area contributed by atoms with Crippen LogP contribution in [0.25, 0.3) is 0 Å². The van der Waals surface area contributed by atoms with Crippen molar-refractivity contribution < 1.29 is 4.79 Å². The predicted octanol–water partition coefficient (Wildman–Crippen LogP) is 2.20. The first-order chi connectivity index (χ1) is 13.5. The molecule has 1 N–H and O–H groups in total. The quantitative estimate of drug-likeness (QED) is 0.740. The fraction of sp³-hybridized carbons (Fsp3) is 0.143. The molecule has 3 aromatic rings. The highest BCUT2D eigenvalue weighted by Gasteiger charge is 2.12. The topological polar surface area (TPSA) is 96.9 Å². The van der Waals surface area contributed by atoms with Crippen LogP contribution in [0.5, 0.6) is 0 Å². The lowest BCUT2D eigenvalue weighted by Gasteiger charge is -2.10. The van der Waals surface area contributed by atoms with Crippen molar-refractivity contribution in [1.29, 1.82) is 5.26 Å². The summed E-state index contributed by atoms with van der Waals surface area (Å²) in [4.78, 5) is 37.1. The van der Waals surface area contributed by atoms with Crippen LogP contribution in [0, 0.1) is 11.3 Å². The van der Waals surface area contributed by atoms with Gasteiger partial charge in [0, 0.05) is 24.0 Å². The fourth-order valence-corrected chi connectivity index (χ4v) is 2.77. The molecule has 2 aromatic carbocycles. The molecule has 7 heteroatoms. The van der Waals surface area contributed by atoms with Crippen molar-refractivity contribution in [3.63, 3.8) is 0 Å². The van der Waals surface area contributed by atoms with Gasteiger partial charge in [0.25, 0.3) is 11.5 Å². The molecule has 140 valence electrons. The van der Waals surface area contributed by atoms with Crippen LogP contribution in [0.3, 0.4) is 0 Å². The van der Waals surface area contributed by atoms with Crippen molar-refractivity contribution in [2.24, 2.45) is 0 Å². The van der Waals surface area contributed by atoms with Crippen LogP contribution in [-0.4, -0.2) is 15.0 Å². The second-order valence-corrected chi connectivity index (χ2v) is 6.13. The normalized spacial score (nSPS) is 10.3. The number of hydrogen-bond donors (Lipinski definition) is 1. The SMILES string of the molecule is CCn1cc(C#N)c(=O)n(Cc2ccc(C(=O)Nc3ccccc3)cc2)c1=O. The van der Waals surface area contributed by atoms with Gasteiger partial charge >= 0.3 is 5.69 Å². The third-order valence-electron chi connectivity index (χ3n) is 4.29. The Morgan fingerprint density at radius 3 is 2.36 bits per heavy atom. The van der Waals surface area contributed by atoms with Gasteiger partial charge in [0.15, 0.2) is 0 Å². The zero-order valence-corrected chi connectivity index (χ0v) is 15.3. The number of carbonyl (C=O) groups is 1. The molecule has 0 aliphatic heterocycles. The summed E-state index contributed by atoms with van der Waals surface area (Å²) in [6, 6.07) is 17.5. The van der Waals surface area contributed by atoms with Gasteiger partial charge in [-0.1, -0.05) is 30.3 Å². The smallest absolute Gasteiger partial charge is 0.322 e. The summed E-state index contributed by atoms with van der Waals surface area (Å²) in [6.45, 7) is 2.14. The Morgan fingerprint density at radius 2 is 1.75 bits per heavy atom. The molecular weight excluding hydrogens is 356 g/mol. The van der Waals surface area contributed by atoms with E-state index in [4.69, 9.17) is 5.26 Å². The number of para-hydroxylation sites is 1. The summed E-state index contributed by atoms with van der Waals surface area (Å²) >= 11 is 0. The summed E-state index contributed by atoms with van der Waals surface area (Å²) in [5.41, 5.74) is 0.641. The van der Waals surface area contributed by atoms with Crippen molar-refractivity contribution in [2.75, 3.05) is 5.32 Å². The lowest BCUT2D eigenvalue weighted by atomic mass is 10.1. The van der Waals surface area contributed by atoms with Crippen molar-refractivity contribution in [2.45, 2.75) is 20.0 Å². The maximum Gasteiger partial charge on any atom is 0.331 e. The maximum atomic E-state index is 12.4. The molecule has 0 spiro atoms. The van der Waals surface area contributed by atoms with Crippen LogP contribution in [0.15, 0.2) is 70.4 Å². The number of hydrogen-bond acceptors (Lipinski definition) is 4. The third-order valence-corrected chi connectivity index (χ3v) is 4.29. The molecule has 0 saturated heterocycles. The van der Waals surface area contributed by atoms with E-state index >= 15 is 0 Å². The number of amides is 1. The van der Waals surface area contributed by atoms with Gasteiger partial charge < -0.3 is 5.32 Å². The van der Waals surface area contributed by atoms with Gasteiger partial charge in [-0.2, -0.15) is 5.26 Å². The molecule has 28 heavy (non-hydrogen) atoms. The van der Waals surface area contributed by atoms with Gasteiger partial charge in [-0.15, -0.1) is 0 Å². The van der Waals surface area contributed by atoms with E-state index in [0.717, 1.165) is 4.57 Å². The first-order valence-electron chi connectivity index (χ1n) is 8.73. The second kappa shape index (κ2) is 8.18. The minimum Gasteiger partial charge on any atom is -0.322 e. The number of nitriles is 1. The fourth-order valence-electron chi connectivity index (χ4n) is 2.77. The monoisotopic (exact) mass is 374 g/mol. The van der Waals surface area contributed by atoms with Crippen molar-refractivity contribution in [3.05, 3.63) is 98.3 Å². The summed E-state index contributed by atoms with van der Waals surface area (Å²) in [6.07, 6.45) is 1.28. The summed E-state index contributed by atoms with van der Waals surface area (Å²) in [5.74, 6) is -0.255. The minimum atomic E-state index is -0.622.